The lowest BCUT2D eigenvalue weighted by Gasteiger charge is -2.12. The largest absolute Gasteiger partial charge is 0.493 e. The van der Waals surface area contributed by atoms with Crippen molar-refractivity contribution in [2.45, 2.75) is 39.7 Å². The Balaban J connectivity index is 2.73. The molecule has 106 valence electrons. The molecule has 0 saturated heterocycles. The first-order chi connectivity index (χ1) is 9.06. The van der Waals surface area contributed by atoms with E-state index in [9.17, 15) is 4.79 Å². The maximum absolute atomic E-state index is 11.6. The van der Waals surface area contributed by atoms with E-state index in [4.69, 9.17) is 14.2 Å². The molecule has 0 N–H and O–H groups in total. The molecule has 0 unspecified atom stereocenters. The summed E-state index contributed by atoms with van der Waals surface area (Å²) < 4.78 is 15.9. The summed E-state index contributed by atoms with van der Waals surface area (Å²) in [6.07, 6.45) is 1.08. The fourth-order valence-corrected chi connectivity index (χ4v) is 1.62. The van der Waals surface area contributed by atoms with Crippen LogP contribution in [0.5, 0.6) is 11.5 Å². The maximum Gasteiger partial charge on any atom is 0.310 e. The lowest BCUT2D eigenvalue weighted by molar-refractivity contribution is -0.146. The molecule has 0 aliphatic carbocycles. The third-order valence-corrected chi connectivity index (χ3v) is 2.41. The minimum absolute atomic E-state index is 0.0958. The molecule has 0 atom stereocenters. The second-order valence-corrected chi connectivity index (χ2v) is 4.55. The number of rotatable bonds is 7. The number of hydrogen-bond acceptors (Lipinski definition) is 4. The molecule has 0 fully saturated rings. The van der Waals surface area contributed by atoms with Crippen molar-refractivity contribution in [1.82, 2.24) is 0 Å². The molecule has 0 bridgehead atoms. The van der Waals surface area contributed by atoms with Crippen LogP contribution >= 0.6 is 0 Å². The molecule has 0 aliphatic heterocycles. The van der Waals surface area contributed by atoms with Crippen molar-refractivity contribution in [2.75, 3.05) is 13.7 Å². The molecule has 0 radical (unpaired) electrons. The van der Waals surface area contributed by atoms with Crippen LogP contribution in [0.25, 0.3) is 0 Å². The summed E-state index contributed by atoms with van der Waals surface area (Å²) in [6, 6.07) is 5.49. The molecular formula is C15H22O4. The Kier molecular flexibility index (Phi) is 6.19. The van der Waals surface area contributed by atoms with Gasteiger partial charge < -0.3 is 14.2 Å². The van der Waals surface area contributed by atoms with Crippen LogP contribution in [0.2, 0.25) is 0 Å². The predicted molar refractivity (Wildman–Crippen MR) is 73.7 cm³/mol. The number of hydrogen-bond donors (Lipinski definition) is 0. The molecule has 0 spiro atoms. The molecule has 1 aromatic rings. The van der Waals surface area contributed by atoms with E-state index in [0.717, 1.165) is 12.0 Å². The van der Waals surface area contributed by atoms with Crippen molar-refractivity contribution in [3.05, 3.63) is 23.8 Å². The van der Waals surface area contributed by atoms with Gasteiger partial charge in [0, 0.05) is 0 Å². The van der Waals surface area contributed by atoms with Crippen molar-refractivity contribution in [3.63, 3.8) is 0 Å². The van der Waals surface area contributed by atoms with Crippen molar-refractivity contribution in [2.24, 2.45) is 0 Å². The van der Waals surface area contributed by atoms with Gasteiger partial charge in [-0.1, -0.05) is 13.0 Å². The van der Waals surface area contributed by atoms with Gasteiger partial charge in [-0.2, -0.15) is 0 Å². The summed E-state index contributed by atoms with van der Waals surface area (Å²) >= 11 is 0. The predicted octanol–water partition coefficient (Wildman–Crippen LogP) is 2.98. The molecule has 19 heavy (non-hydrogen) atoms. The fourth-order valence-electron chi connectivity index (χ4n) is 1.62. The first kappa shape index (κ1) is 15.3. The highest BCUT2D eigenvalue weighted by Crippen LogP contribution is 2.28. The van der Waals surface area contributed by atoms with Crippen molar-refractivity contribution >= 4 is 5.97 Å². The Bertz CT molecular complexity index is 413. The van der Waals surface area contributed by atoms with Crippen molar-refractivity contribution in [3.8, 4) is 11.5 Å². The lowest BCUT2D eigenvalue weighted by Crippen LogP contribution is -2.13. The topological polar surface area (TPSA) is 44.8 Å². The number of methoxy groups -OCH3 is 1. The van der Waals surface area contributed by atoms with Crippen LogP contribution in [-0.2, 0) is 16.0 Å². The van der Waals surface area contributed by atoms with Crippen molar-refractivity contribution < 1.29 is 19.0 Å². The van der Waals surface area contributed by atoms with Gasteiger partial charge in [-0.25, -0.2) is 0 Å². The van der Waals surface area contributed by atoms with Crippen LogP contribution < -0.4 is 9.47 Å². The number of carbonyl (C=O) groups is 1. The minimum atomic E-state index is -0.237. The molecule has 4 heteroatoms. The van der Waals surface area contributed by atoms with Crippen LogP contribution in [0, 0.1) is 0 Å². The minimum Gasteiger partial charge on any atom is -0.493 e. The van der Waals surface area contributed by atoms with E-state index in [1.54, 1.807) is 7.11 Å². The van der Waals surface area contributed by atoms with E-state index in [2.05, 4.69) is 0 Å². The van der Waals surface area contributed by atoms with Gasteiger partial charge in [-0.3, -0.25) is 4.79 Å². The highest BCUT2D eigenvalue weighted by molar-refractivity contribution is 5.73. The molecule has 0 aliphatic rings. The molecule has 1 aromatic carbocycles. The van der Waals surface area contributed by atoms with Crippen LogP contribution in [0.15, 0.2) is 18.2 Å². The first-order valence-corrected chi connectivity index (χ1v) is 6.56. The van der Waals surface area contributed by atoms with Crippen LogP contribution in [0.1, 0.15) is 32.8 Å². The zero-order chi connectivity index (χ0) is 14.3. The smallest absolute Gasteiger partial charge is 0.310 e. The summed E-state index contributed by atoms with van der Waals surface area (Å²) in [5.41, 5.74) is 0.853. The average Bonchev–Trinajstić information content (AvgIpc) is 2.36. The third kappa shape index (κ3) is 5.20. The van der Waals surface area contributed by atoms with Gasteiger partial charge >= 0.3 is 5.97 Å². The third-order valence-electron chi connectivity index (χ3n) is 2.41. The van der Waals surface area contributed by atoms with Gasteiger partial charge in [0.05, 0.1) is 26.2 Å². The second kappa shape index (κ2) is 7.67. The van der Waals surface area contributed by atoms with Crippen molar-refractivity contribution in [1.29, 1.82) is 0 Å². The van der Waals surface area contributed by atoms with Crippen LogP contribution in [0.4, 0.5) is 0 Å². The molecule has 0 aromatic heterocycles. The molecule has 1 rings (SSSR count). The van der Waals surface area contributed by atoms with Crippen LogP contribution in [0.3, 0.4) is 0 Å². The van der Waals surface area contributed by atoms with Gasteiger partial charge in [-0.05, 0) is 38.0 Å². The van der Waals surface area contributed by atoms with E-state index in [1.165, 1.54) is 0 Å². The Morgan fingerprint density at radius 2 is 2.00 bits per heavy atom. The number of esters is 1. The Morgan fingerprint density at radius 3 is 2.58 bits per heavy atom. The van der Waals surface area contributed by atoms with Crippen LogP contribution in [-0.4, -0.2) is 25.8 Å². The van der Waals surface area contributed by atoms with Gasteiger partial charge in [0.2, 0.25) is 0 Å². The summed E-state index contributed by atoms with van der Waals surface area (Å²) in [6.45, 7) is 6.36. The molecule has 0 amide bonds. The second-order valence-electron chi connectivity index (χ2n) is 4.55. The summed E-state index contributed by atoms with van der Waals surface area (Å²) in [5, 5.41) is 0. The van der Waals surface area contributed by atoms with Gasteiger partial charge in [-0.15, -0.1) is 0 Å². The quantitative estimate of drug-likeness (QED) is 0.712. The van der Waals surface area contributed by atoms with E-state index in [0.29, 0.717) is 18.1 Å². The van der Waals surface area contributed by atoms with E-state index in [-0.39, 0.29) is 18.5 Å². The lowest BCUT2D eigenvalue weighted by atomic mass is 10.1. The van der Waals surface area contributed by atoms with Gasteiger partial charge in [0.15, 0.2) is 11.5 Å². The molecule has 0 saturated carbocycles. The van der Waals surface area contributed by atoms with E-state index >= 15 is 0 Å². The normalized spacial score (nSPS) is 10.4. The first-order valence-electron chi connectivity index (χ1n) is 6.56. The summed E-state index contributed by atoms with van der Waals surface area (Å²) in [5.74, 6) is 1.10. The monoisotopic (exact) mass is 266 g/mol. The standard InChI is InChI=1S/C15H22O4/c1-5-8-18-13-7-6-12(9-14(13)17-4)10-15(16)19-11(2)3/h6-7,9,11H,5,8,10H2,1-4H3. The fraction of sp³-hybridized carbons (Fsp3) is 0.533. The van der Waals surface area contributed by atoms with E-state index in [1.807, 2.05) is 39.0 Å². The number of ether oxygens (including phenoxy) is 3. The Morgan fingerprint density at radius 1 is 1.26 bits per heavy atom. The number of benzene rings is 1. The summed E-state index contributed by atoms with van der Waals surface area (Å²) in [4.78, 5) is 11.6. The highest BCUT2D eigenvalue weighted by atomic mass is 16.5. The zero-order valence-corrected chi connectivity index (χ0v) is 12.1. The number of carbonyl (C=O) groups excluding carboxylic acids is 1. The molecule has 0 heterocycles. The average molecular weight is 266 g/mol. The molecular weight excluding hydrogens is 244 g/mol. The van der Waals surface area contributed by atoms with E-state index < -0.39 is 0 Å². The van der Waals surface area contributed by atoms with Gasteiger partial charge in [0.1, 0.15) is 0 Å². The Labute approximate surface area is 114 Å². The summed E-state index contributed by atoms with van der Waals surface area (Å²) in [7, 11) is 1.59. The SMILES string of the molecule is CCCOc1ccc(CC(=O)OC(C)C)cc1OC. The zero-order valence-electron chi connectivity index (χ0n) is 12.1. The molecule has 4 nitrogen and oxygen atoms in total. The highest BCUT2D eigenvalue weighted by Gasteiger charge is 2.10. The van der Waals surface area contributed by atoms with Gasteiger partial charge in [0.25, 0.3) is 0 Å². The Hall–Kier alpha value is -1.71. The maximum atomic E-state index is 11.6.